The molecule has 0 spiro atoms. The van der Waals surface area contributed by atoms with Crippen molar-refractivity contribution >= 4 is 27.5 Å². The van der Waals surface area contributed by atoms with Crippen LogP contribution in [0.5, 0.6) is 0 Å². The van der Waals surface area contributed by atoms with E-state index in [0.717, 1.165) is 54.4 Å². The number of nitrogens with zero attached hydrogens (tertiary/aromatic N) is 3. The third-order valence-corrected chi connectivity index (χ3v) is 7.13. The van der Waals surface area contributed by atoms with Crippen LogP contribution in [-0.2, 0) is 13.0 Å². The Labute approximate surface area is 151 Å². The Morgan fingerprint density at radius 2 is 2.00 bits per heavy atom. The minimum Gasteiger partial charge on any atom is -0.338 e. The van der Waals surface area contributed by atoms with Crippen molar-refractivity contribution in [2.45, 2.75) is 65.0 Å². The zero-order valence-electron chi connectivity index (χ0n) is 15.2. The molecule has 0 atom stereocenters. The average molecular weight is 359 g/mol. The lowest BCUT2D eigenvalue weighted by molar-refractivity contribution is 0.0684. The summed E-state index contributed by atoms with van der Waals surface area (Å²) in [6, 6.07) is 0.312. The van der Waals surface area contributed by atoms with E-state index in [1.807, 2.05) is 18.9 Å². The SMILES string of the molecule is Cc1c(C(=O)N(C)C2CCC(C)CC2)sc2nc3n(c(=O)c12)CCC3. The molecule has 0 bridgehead atoms. The van der Waals surface area contributed by atoms with Gasteiger partial charge in [0, 0.05) is 26.1 Å². The molecule has 2 aromatic heterocycles. The molecule has 4 rings (SSSR count). The fraction of sp³-hybridized carbons (Fsp3) is 0.632. The molecular formula is C19H25N3O2S. The lowest BCUT2D eigenvalue weighted by Crippen LogP contribution is -2.39. The van der Waals surface area contributed by atoms with Gasteiger partial charge in [0.1, 0.15) is 10.7 Å². The van der Waals surface area contributed by atoms with Crippen LogP contribution in [0.2, 0.25) is 0 Å². The first kappa shape index (κ1) is 16.8. The molecule has 0 saturated heterocycles. The number of aromatic nitrogens is 2. The van der Waals surface area contributed by atoms with Gasteiger partial charge in [-0.15, -0.1) is 11.3 Å². The van der Waals surface area contributed by atoms with E-state index in [-0.39, 0.29) is 11.5 Å². The van der Waals surface area contributed by atoms with E-state index in [0.29, 0.717) is 16.3 Å². The van der Waals surface area contributed by atoms with E-state index in [1.54, 1.807) is 4.57 Å². The van der Waals surface area contributed by atoms with Gasteiger partial charge in [-0.3, -0.25) is 14.2 Å². The molecule has 6 heteroatoms. The molecule has 1 aliphatic carbocycles. The number of carbonyl (C=O) groups is 1. The number of hydrogen-bond acceptors (Lipinski definition) is 4. The Morgan fingerprint density at radius 1 is 1.28 bits per heavy atom. The molecule has 1 amide bonds. The van der Waals surface area contributed by atoms with Gasteiger partial charge in [0.25, 0.3) is 11.5 Å². The lowest BCUT2D eigenvalue weighted by Gasteiger charge is -2.33. The molecule has 5 nitrogen and oxygen atoms in total. The molecule has 134 valence electrons. The molecule has 1 saturated carbocycles. The molecule has 0 N–H and O–H groups in total. The van der Waals surface area contributed by atoms with Crippen LogP contribution in [0.15, 0.2) is 4.79 Å². The van der Waals surface area contributed by atoms with Gasteiger partial charge in [0.2, 0.25) is 0 Å². The van der Waals surface area contributed by atoms with Crippen LogP contribution >= 0.6 is 11.3 Å². The van der Waals surface area contributed by atoms with Crippen molar-refractivity contribution in [3.63, 3.8) is 0 Å². The number of aryl methyl sites for hydroxylation is 2. The highest BCUT2D eigenvalue weighted by atomic mass is 32.1. The average Bonchev–Trinajstić information content (AvgIpc) is 3.19. The van der Waals surface area contributed by atoms with Gasteiger partial charge < -0.3 is 4.90 Å². The minimum absolute atomic E-state index is 0.0273. The first-order valence-corrected chi connectivity index (χ1v) is 10.1. The van der Waals surface area contributed by atoms with Crippen molar-refractivity contribution in [3.8, 4) is 0 Å². The minimum atomic E-state index is 0.0273. The van der Waals surface area contributed by atoms with Gasteiger partial charge >= 0.3 is 0 Å². The number of hydrogen-bond donors (Lipinski definition) is 0. The van der Waals surface area contributed by atoms with E-state index in [9.17, 15) is 9.59 Å². The zero-order chi connectivity index (χ0) is 17.7. The molecule has 0 aromatic carbocycles. The molecule has 2 aliphatic rings. The van der Waals surface area contributed by atoms with Gasteiger partial charge in [-0.05, 0) is 50.5 Å². The standard InChI is InChI=1S/C19H25N3O2S/c1-11-6-8-13(9-7-11)21(3)19(24)16-12(2)15-17(25-16)20-14-5-4-10-22(14)18(15)23/h11,13H,4-10H2,1-3H3. The second-order valence-electron chi connectivity index (χ2n) is 7.65. The third-order valence-electron chi connectivity index (χ3n) is 5.96. The number of carbonyl (C=O) groups excluding carboxylic acids is 1. The largest absolute Gasteiger partial charge is 0.338 e. The van der Waals surface area contributed by atoms with E-state index >= 15 is 0 Å². The van der Waals surface area contributed by atoms with E-state index in [1.165, 1.54) is 24.2 Å². The normalized spacial score (nSPS) is 23.0. The Bertz CT molecular complexity index is 890. The summed E-state index contributed by atoms with van der Waals surface area (Å²) in [5.41, 5.74) is 0.833. The Hall–Kier alpha value is -1.69. The second kappa shape index (κ2) is 6.24. The maximum atomic E-state index is 13.1. The van der Waals surface area contributed by atoms with Crippen LogP contribution in [0, 0.1) is 12.8 Å². The quantitative estimate of drug-likeness (QED) is 0.826. The van der Waals surface area contributed by atoms with Crippen LogP contribution in [-0.4, -0.2) is 33.4 Å². The number of rotatable bonds is 2. The molecule has 3 heterocycles. The Morgan fingerprint density at radius 3 is 2.72 bits per heavy atom. The summed E-state index contributed by atoms with van der Waals surface area (Å²) >= 11 is 1.39. The molecule has 25 heavy (non-hydrogen) atoms. The topological polar surface area (TPSA) is 55.2 Å². The van der Waals surface area contributed by atoms with Crippen molar-refractivity contribution in [1.82, 2.24) is 14.5 Å². The summed E-state index contributed by atoms with van der Waals surface area (Å²) in [5.74, 6) is 1.68. The molecular weight excluding hydrogens is 334 g/mol. The van der Waals surface area contributed by atoms with Crippen molar-refractivity contribution < 1.29 is 4.79 Å². The van der Waals surface area contributed by atoms with E-state index < -0.39 is 0 Å². The third kappa shape index (κ3) is 2.71. The maximum Gasteiger partial charge on any atom is 0.264 e. The highest BCUT2D eigenvalue weighted by Gasteiger charge is 2.29. The van der Waals surface area contributed by atoms with Gasteiger partial charge in [-0.1, -0.05) is 6.92 Å². The smallest absolute Gasteiger partial charge is 0.264 e. The number of thiophene rings is 1. The summed E-state index contributed by atoms with van der Waals surface area (Å²) in [5, 5.41) is 0.643. The molecule has 0 radical (unpaired) electrons. The Kier molecular flexibility index (Phi) is 4.18. The molecule has 2 aromatic rings. The van der Waals surface area contributed by atoms with Gasteiger partial charge in [0.05, 0.1) is 10.3 Å². The number of fused-ring (bicyclic) bond motifs is 2. The Balaban J connectivity index is 1.69. The van der Waals surface area contributed by atoms with Crippen LogP contribution in [0.4, 0.5) is 0 Å². The lowest BCUT2D eigenvalue weighted by atomic mass is 9.86. The zero-order valence-corrected chi connectivity index (χ0v) is 16.0. The fourth-order valence-electron chi connectivity index (χ4n) is 4.24. The second-order valence-corrected chi connectivity index (χ2v) is 8.65. The van der Waals surface area contributed by atoms with Crippen molar-refractivity contribution in [1.29, 1.82) is 0 Å². The van der Waals surface area contributed by atoms with E-state index in [2.05, 4.69) is 11.9 Å². The van der Waals surface area contributed by atoms with E-state index in [4.69, 9.17) is 0 Å². The van der Waals surface area contributed by atoms with Crippen molar-refractivity contribution in [2.75, 3.05) is 7.05 Å². The summed E-state index contributed by atoms with van der Waals surface area (Å²) in [4.78, 5) is 33.9. The first-order valence-electron chi connectivity index (χ1n) is 9.27. The molecule has 0 unspecified atom stereocenters. The summed E-state index contributed by atoms with van der Waals surface area (Å²) in [6.07, 6.45) is 6.34. The maximum absolute atomic E-state index is 13.1. The summed E-state index contributed by atoms with van der Waals surface area (Å²) in [6.45, 7) is 4.93. The monoisotopic (exact) mass is 359 g/mol. The molecule has 1 aliphatic heterocycles. The fourth-order valence-corrected chi connectivity index (χ4v) is 5.41. The molecule has 1 fully saturated rings. The van der Waals surface area contributed by atoms with Gasteiger partial charge in [0.15, 0.2) is 0 Å². The van der Waals surface area contributed by atoms with Crippen LogP contribution < -0.4 is 5.56 Å². The van der Waals surface area contributed by atoms with Crippen molar-refractivity contribution in [3.05, 3.63) is 26.6 Å². The summed E-state index contributed by atoms with van der Waals surface area (Å²) < 4.78 is 1.78. The van der Waals surface area contributed by atoms with Gasteiger partial charge in [-0.2, -0.15) is 0 Å². The van der Waals surface area contributed by atoms with Crippen LogP contribution in [0.1, 0.15) is 60.1 Å². The highest BCUT2D eigenvalue weighted by molar-refractivity contribution is 7.20. The first-order chi connectivity index (χ1) is 12.0. The van der Waals surface area contributed by atoms with Crippen LogP contribution in [0.25, 0.3) is 10.2 Å². The summed E-state index contributed by atoms with van der Waals surface area (Å²) in [7, 11) is 1.91. The van der Waals surface area contributed by atoms with Gasteiger partial charge in [-0.25, -0.2) is 4.98 Å². The highest BCUT2D eigenvalue weighted by Crippen LogP contribution is 2.32. The number of amides is 1. The van der Waals surface area contributed by atoms with Crippen LogP contribution in [0.3, 0.4) is 0 Å². The predicted octanol–water partition coefficient (Wildman–Crippen LogP) is 3.36. The predicted molar refractivity (Wildman–Crippen MR) is 100 cm³/mol. The van der Waals surface area contributed by atoms with Crippen molar-refractivity contribution in [2.24, 2.45) is 5.92 Å².